The van der Waals surface area contributed by atoms with Gasteiger partial charge in [-0.1, -0.05) is 0 Å². The molecule has 22 heavy (non-hydrogen) atoms. The Hall–Kier alpha value is -2.21. The van der Waals surface area contributed by atoms with Gasteiger partial charge >= 0.3 is 0 Å². The highest BCUT2D eigenvalue weighted by molar-refractivity contribution is 7.15. The molecule has 0 saturated carbocycles. The average molecular weight is 312 g/mol. The molecule has 0 unspecified atom stereocenters. The lowest BCUT2D eigenvalue weighted by molar-refractivity contribution is 0.0711. The lowest BCUT2D eigenvalue weighted by Crippen LogP contribution is -2.38. The topological polar surface area (TPSA) is 50.5 Å². The summed E-state index contributed by atoms with van der Waals surface area (Å²) < 4.78 is 2.17. The molecular weight excluding hydrogens is 296 g/mol. The zero-order valence-corrected chi connectivity index (χ0v) is 12.9. The fourth-order valence-corrected chi connectivity index (χ4v) is 4.02. The van der Waals surface area contributed by atoms with E-state index in [1.165, 1.54) is 5.69 Å². The van der Waals surface area contributed by atoms with Crippen LogP contribution in [-0.2, 0) is 0 Å². The van der Waals surface area contributed by atoms with Crippen LogP contribution in [0.5, 0.6) is 0 Å². The number of piperidine rings is 1. The molecule has 0 N–H and O–H groups in total. The molecule has 1 amide bonds. The molecule has 1 aliphatic rings. The molecule has 0 radical (unpaired) electrons. The summed E-state index contributed by atoms with van der Waals surface area (Å²) in [5.74, 6) is 0.588. The predicted molar refractivity (Wildman–Crippen MR) is 85.2 cm³/mol. The molecule has 1 aliphatic heterocycles. The van der Waals surface area contributed by atoms with Crippen LogP contribution in [0.15, 0.2) is 42.3 Å². The Morgan fingerprint density at radius 2 is 2.14 bits per heavy atom. The largest absolute Gasteiger partial charge is 0.339 e. The molecule has 4 heterocycles. The van der Waals surface area contributed by atoms with Gasteiger partial charge in [-0.05, 0) is 25.0 Å². The second-order valence-electron chi connectivity index (χ2n) is 5.55. The molecule has 112 valence electrons. The number of imidazole rings is 1. The zero-order valence-electron chi connectivity index (χ0n) is 12.1. The van der Waals surface area contributed by atoms with Crippen LogP contribution in [0.2, 0.25) is 0 Å². The van der Waals surface area contributed by atoms with Crippen LogP contribution in [-0.4, -0.2) is 38.3 Å². The molecule has 0 aliphatic carbocycles. The lowest BCUT2D eigenvalue weighted by atomic mass is 9.93. The Kier molecular flexibility index (Phi) is 3.38. The van der Waals surface area contributed by atoms with Crippen molar-refractivity contribution < 1.29 is 4.79 Å². The number of aromatic nitrogens is 3. The van der Waals surface area contributed by atoms with Gasteiger partial charge in [0.1, 0.15) is 0 Å². The fourth-order valence-electron chi connectivity index (χ4n) is 3.09. The van der Waals surface area contributed by atoms with Crippen LogP contribution in [0.3, 0.4) is 0 Å². The van der Waals surface area contributed by atoms with Crippen molar-refractivity contribution in [3.05, 3.63) is 53.6 Å². The van der Waals surface area contributed by atoms with Crippen LogP contribution in [0, 0.1) is 0 Å². The maximum atomic E-state index is 12.4. The number of pyridine rings is 1. The molecule has 4 rings (SSSR count). The average Bonchev–Trinajstić information content (AvgIpc) is 3.18. The minimum absolute atomic E-state index is 0.0876. The Bertz CT molecular complexity index is 787. The number of likely N-dealkylation sites (tertiary alicyclic amines) is 1. The van der Waals surface area contributed by atoms with Gasteiger partial charge in [-0.15, -0.1) is 11.3 Å². The number of carbonyl (C=O) groups excluding carboxylic acids is 1. The first-order valence-corrected chi connectivity index (χ1v) is 8.30. The predicted octanol–water partition coefficient (Wildman–Crippen LogP) is 2.81. The number of hydrogen-bond donors (Lipinski definition) is 0. The van der Waals surface area contributed by atoms with Crippen molar-refractivity contribution in [2.75, 3.05) is 13.1 Å². The van der Waals surface area contributed by atoms with Crippen LogP contribution in [0.1, 0.15) is 34.8 Å². The minimum atomic E-state index is 0.0876. The van der Waals surface area contributed by atoms with Crippen LogP contribution in [0.4, 0.5) is 0 Å². The Morgan fingerprint density at radius 3 is 2.91 bits per heavy atom. The maximum Gasteiger partial charge on any atom is 0.255 e. The molecule has 3 aromatic rings. The van der Waals surface area contributed by atoms with E-state index in [9.17, 15) is 4.79 Å². The molecule has 6 heteroatoms. The zero-order chi connectivity index (χ0) is 14.9. The van der Waals surface area contributed by atoms with E-state index in [-0.39, 0.29) is 5.91 Å². The van der Waals surface area contributed by atoms with E-state index in [2.05, 4.69) is 19.7 Å². The molecule has 0 aromatic carbocycles. The van der Waals surface area contributed by atoms with E-state index in [1.807, 2.05) is 23.4 Å². The third-order valence-corrected chi connectivity index (χ3v) is 5.15. The van der Waals surface area contributed by atoms with E-state index in [0.29, 0.717) is 11.5 Å². The van der Waals surface area contributed by atoms with Crippen LogP contribution in [0.25, 0.3) is 4.96 Å². The quantitative estimate of drug-likeness (QED) is 0.731. The minimum Gasteiger partial charge on any atom is -0.339 e. The van der Waals surface area contributed by atoms with Crippen LogP contribution >= 0.6 is 11.3 Å². The molecule has 0 atom stereocenters. The van der Waals surface area contributed by atoms with E-state index < -0.39 is 0 Å². The highest BCUT2D eigenvalue weighted by Gasteiger charge is 2.26. The van der Waals surface area contributed by atoms with Crippen molar-refractivity contribution in [3.63, 3.8) is 0 Å². The van der Waals surface area contributed by atoms with E-state index >= 15 is 0 Å². The van der Waals surface area contributed by atoms with Crippen molar-refractivity contribution in [1.82, 2.24) is 19.3 Å². The summed E-state index contributed by atoms with van der Waals surface area (Å²) in [4.78, 5) is 23.8. The van der Waals surface area contributed by atoms with Gasteiger partial charge in [-0.2, -0.15) is 0 Å². The van der Waals surface area contributed by atoms with Crippen molar-refractivity contribution in [2.45, 2.75) is 18.8 Å². The SMILES string of the molecule is O=C(c1cccnc1)N1CCC(c2csc3nccn23)CC1. The summed E-state index contributed by atoms with van der Waals surface area (Å²) in [6.07, 6.45) is 9.19. The highest BCUT2D eigenvalue weighted by atomic mass is 32.1. The number of amides is 1. The molecule has 3 aromatic heterocycles. The van der Waals surface area contributed by atoms with Gasteiger partial charge in [0.05, 0.1) is 5.56 Å². The maximum absolute atomic E-state index is 12.4. The smallest absolute Gasteiger partial charge is 0.255 e. The first-order valence-electron chi connectivity index (χ1n) is 7.42. The number of hydrogen-bond acceptors (Lipinski definition) is 4. The number of carbonyl (C=O) groups is 1. The van der Waals surface area contributed by atoms with E-state index in [4.69, 9.17) is 0 Å². The van der Waals surface area contributed by atoms with Gasteiger partial charge in [-0.3, -0.25) is 14.2 Å². The van der Waals surface area contributed by atoms with E-state index in [0.717, 1.165) is 30.9 Å². The van der Waals surface area contributed by atoms with Gasteiger partial charge in [-0.25, -0.2) is 4.98 Å². The summed E-state index contributed by atoms with van der Waals surface area (Å²) in [6, 6.07) is 3.64. The third kappa shape index (κ3) is 2.29. The summed E-state index contributed by atoms with van der Waals surface area (Å²) >= 11 is 1.68. The summed E-state index contributed by atoms with van der Waals surface area (Å²) in [5.41, 5.74) is 2.00. The van der Waals surface area contributed by atoms with Crippen molar-refractivity contribution in [1.29, 1.82) is 0 Å². The molecule has 1 saturated heterocycles. The molecule has 0 spiro atoms. The number of thiazole rings is 1. The first-order chi connectivity index (χ1) is 10.8. The fraction of sp³-hybridized carbons (Fsp3) is 0.312. The number of rotatable bonds is 2. The molecule has 5 nitrogen and oxygen atoms in total. The van der Waals surface area contributed by atoms with Crippen molar-refractivity contribution >= 4 is 22.2 Å². The monoisotopic (exact) mass is 312 g/mol. The number of nitrogens with zero attached hydrogens (tertiary/aromatic N) is 4. The lowest BCUT2D eigenvalue weighted by Gasteiger charge is -2.31. The van der Waals surface area contributed by atoms with Gasteiger partial charge in [0.25, 0.3) is 5.91 Å². The Balaban J connectivity index is 1.47. The first kappa shape index (κ1) is 13.5. The van der Waals surface area contributed by atoms with E-state index in [1.54, 1.807) is 29.8 Å². The van der Waals surface area contributed by atoms with Gasteiger partial charge in [0, 0.05) is 54.9 Å². The standard InChI is InChI=1S/C16H16N4OS/c21-15(13-2-1-5-17-10-13)19-7-3-12(4-8-19)14-11-22-16-18-6-9-20(14)16/h1-2,5-6,9-12H,3-4,7-8H2. The highest BCUT2D eigenvalue weighted by Crippen LogP contribution is 2.31. The summed E-state index contributed by atoms with van der Waals surface area (Å²) in [7, 11) is 0. The Morgan fingerprint density at radius 1 is 1.27 bits per heavy atom. The summed E-state index contributed by atoms with van der Waals surface area (Å²) in [5, 5.41) is 2.20. The van der Waals surface area contributed by atoms with Gasteiger partial charge in [0.2, 0.25) is 0 Å². The van der Waals surface area contributed by atoms with Gasteiger partial charge < -0.3 is 4.90 Å². The second-order valence-corrected chi connectivity index (χ2v) is 6.39. The molecular formula is C16H16N4OS. The second kappa shape index (κ2) is 5.53. The van der Waals surface area contributed by atoms with Crippen molar-refractivity contribution in [3.8, 4) is 0 Å². The number of fused-ring (bicyclic) bond motifs is 1. The molecule has 0 bridgehead atoms. The van der Waals surface area contributed by atoms with Crippen molar-refractivity contribution in [2.24, 2.45) is 0 Å². The third-order valence-electron chi connectivity index (χ3n) is 4.28. The normalized spacial score (nSPS) is 16.3. The Labute approximate surface area is 132 Å². The summed E-state index contributed by atoms with van der Waals surface area (Å²) in [6.45, 7) is 1.59. The van der Waals surface area contributed by atoms with Crippen LogP contribution < -0.4 is 0 Å². The molecule has 1 fully saturated rings. The van der Waals surface area contributed by atoms with Gasteiger partial charge in [0.15, 0.2) is 4.96 Å².